The van der Waals surface area contributed by atoms with Gasteiger partial charge in [0.05, 0.1) is 5.56 Å². The van der Waals surface area contributed by atoms with Crippen LogP contribution in [0, 0.1) is 0 Å². The molecule has 0 bridgehead atoms. The first-order chi connectivity index (χ1) is 11.0. The van der Waals surface area contributed by atoms with Crippen LogP contribution >= 0.6 is 0 Å². The number of carbonyl (C=O) groups is 3. The van der Waals surface area contributed by atoms with Gasteiger partial charge >= 0.3 is 17.9 Å². The van der Waals surface area contributed by atoms with Crippen molar-refractivity contribution >= 4 is 17.9 Å². The zero-order chi connectivity index (χ0) is 18.9. The Kier molecular flexibility index (Phi) is 8.61. The Labute approximate surface area is 138 Å². The van der Waals surface area contributed by atoms with E-state index in [9.17, 15) is 14.4 Å². The van der Waals surface area contributed by atoms with Crippen LogP contribution in [0.25, 0.3) is 0 Å². The van der Waals surface area contributed by atoms with Crippen LogP contribution in [0.5, 0.6) is 0 Å². The van der Waals surface area contributed by atoms with Crippen LogP contribution in [0.1, 0.15) is 31.1 Å². The van der Waals surface area contributed by atoms with Gasteiger partial charge in [-0.1, -0.05) is 18.2 Å². The van der Waals surface area contributed by atoms with Crippen LogP contribution in [0.4, 0.5) is 0 Å². The Morgan fingerprint density at radius 2 is 1.33 bits per heavy atom. The van der Waals surface area contributed by atoms with Crippen molar-refractivity contribution < 1.29 is 44.6 Å². The summed E-state index contributed by atoms with van der Waals surface area (Å²) >= 11 is 0. The third-order valence-corrected chi connectivity index (χ3v) is 2.18. The summed E-state index contributed by atoms with van der Waals surface area (Å²) in [5.41, 5.74) is 0.00140. The molecule has 0 saturated heterocycles. The van der Waals surface area contributed by atoms with Crippen LogP contribution in [-0.2, 0) is 19.4 Å². The topological polar surface area (TPSA) is 151 Å². The third-order valence-electron chi connectivity index (χ3n) is 2.18. The van der Waals surface area contributed by atoms with E-state index in [1.54, 1.807) is 24.3 Å². The minimum Gasteiger partial charge on any atom is -0.479 e. The second-order valence-electron chi connectivity index (χ2n) is 5.50. The summed E-state index contributed by atoms with van der Waals surface area (Å²) in [6.07, 6.45) is -4.53. The lowest BCUT2D eigenvalue weighted by atomic mass is 10.2. The summed E-state index contributed by atoms with van der Waals surface area (Å²) in [7, 11) is 0. The fraction of sp³-hybridized carbons (Fsp3) is 0.400. The molecule has 0 aliphatic rings. The van der Waals surface area contributed by atoms with Gasteiger partial charge in [0, 0.05) is 0 Å². The molecule has 2 atom stereocenters. The van der Waals surface area contributed by atoms with E-state index in [4.69, 9.17) is 25.3 Å². The number of carboxylic acids is 2. The Morgan fingerprint density at radius 1 is 0.917 bits per heavy atom. The summed E-state index contributed by atoms with van der Waals surface area (Å²) in [6.45, 7) is 5.43. The van der Waals surface area contributed by atoms with Crippen LogP contribution in [-0.4, -0.2) is 56.1 Å². The molecule has 4 N–H and O–H groups in total. The highest BCUT2D eigenvalue weighted by molar-refractivity contribution is 5.88. The van der Waals surface area contributed by atoms with E-state index in [2.05, 4.69) is 4.89 Å². The Balaban J connectivity index is 0.000000470. The molecular weight excluding hydrogens is 324 g/mol. The highest BCUT2D eigenvalue weighted by Crippen LogP contribution is 2.09. The molecule has 0 radical (unpaired) electrons. The molecule has 1 aromatic rings. The van der Waals surface area contributed by atoms with Crippen molar-refractivity contribution in [2.24, 2.45) is 0 Å². The molecule has 0 heterocycles. The maximum absolute atomic E-state index is 11.3. The van der Waals surface area contributed by atoms with Gasteiger partial charge in [0.25, 0.3) is 0 Å². The molecule has 9 nitrogen and oxygen atoms in total. The van der Waals surface area contributed by atoms with Crippen molar-refractivity contribution in [3.8, 4) is 0 Å². The lowest BCUT2D eigenvalue weighted by Crippen LogP contribution is -2.39. The minimum atomic E-state index is -2.27. The van der Waals surface area contributed by atoms with Crippen molar-refractivity contribution in [3.63, 3.8) is 0 Å². The van der Waals surface area contributed by atoms with Crippen molar-refractivity contribution in [2.45, 2.75) is 38.6 Å². The molecule has 0 aliphatic carbocycles. The number of aliphatic hydroxyl groups is 2. The summed E-state index contributed by atoms with van der Waals surface area (Å²) in [4.78, 5) is 40.4. The van der Waals surface area contributed by atoms with Crippen molar-refractivity contribution in [2.75, 3.05) is 0 Å². The van der Waals surface area contributed by atoms with Crippen LogP contribution in [0.3, 0.4) is 0 Å². The molecule has 0 fully saturated rings. The maximum atomic E-state index is 11.3. The van der Waals surface area contributed by atoms with Gasteiger partial charge in [-0.05, 0) is 32.9 Å². The average molecular weight is 344 g/mol. The monoisotopic (exact) mass is 344 g/mol. The zero-order valence-corrected chi connectivity index (χ0v) is 13.4. The van der Waals surface area contributed by atoms with Gasteiger partial charge in [0.15, 0.2) is 12.2 Å². The smallest absolute Gasteiger partial charge is 0.373 e. The first-order valence-corrected chi connectivity index (χ1v) is 6.72. The molecule has 0 amide bonds. The second kappa shape index (κ2) is 9.60. The van der Waals surface area contributed by atoms with E-state index in [0.29, 0.717) is 5.56 Å². The molecule has 134 valence electrons. The van der Waals surface area contributed by atoms with E-state index in [1.165, 1.54) is 0 Å². The Bertz CT molecular complexity index is 530. The fourth-order valence-corrected chi connectivity index (χ4v) is 1.06. The quantitative estimate of drug-likeness (QED) is 0.441. The highest BCUT2D eigenvalue weighted by atomic mass is 17.2. The first-order valence-electron chi connectivity index (χ1n) is 6.72. The maximum Gasteiger partial charge on any atom is 0.373 e. The van der Waals surface area contributed by atoms with E-state index in [1.807, 2.05) is 26.8 Å². The predicted molar refractivity (Wildman–Crippen MR) is 80.0 cm³/mol. The SMILES string of the molecule is CC(C)(C)OOC(=O)c1ccccc1.O=C(O)C(O)C(O)C(=O)O. The number of carbonyl (C=O) groups excluding carboxylic acids is 1. The average Bonchev–Trinajstić information content (AvgIpc) is 2.51. The number of aliphatic hydroxyl groups excluding tert-OH is 2. The van der Waals surface area contributed by atoms with Crippen molar-refractivity contribution in [1.82, 2.24) is 0 Å². The molecule has 2 unspecified atom stereocenters. The predicted octanol–water partition coefficient (Wildman–Crippen LogP) is 0.451. The van der Waals surface area contributed by atoms with E-state index in [-0.39, 0.29) is 0 Å². The van der Waals surface area contributed by atoms with Crippen LogP contribution in [0.2, 0.25) is 0 Å². The summed E-state index contributed by atoms with van der Waals surface area (Å²) in [6, 6.07) is 8.73. The number of hydrogen-bond acceptors (Lipinski definition) is 7. The van der Waals surface area contributed by atoms with E-state index < -0.39 is 35.7 Å². The van der Waals surface area contributed by atoms with E-state index in [0.717, 1.165) is 0 Å². The van der Waals surface area contributed by atoms with Gasteiger partial charge < -0.3 is 20.4 Å². The molecule has 24 heavy (non-hydrogen) atoms. The molecule has 1 aromatic carbocycles. The molecular formula is C15H20O9. The van der Waals surface area contributed by atoms with Crippen LogP contribution < -0.4 is 0 Å². The lowest BCUT2D eigenvalue weighted by molar-refractivity contribution is -0.301. The standard InChI is InChI=1S/C11H14O3.C4H6O6/c1-11(2,3)14-13-10(12)9-7-5-4-6-8-9;5-1(3(7)8)2(6)4(9)10/h4-8H,1-3H3;1-2,5-6H,(H,7,8)(H,9,10). The minimum absolute atomic E-state index is 0.472. The van der Waals surface area contributed by atoms with Gasteiger partial charge in [-0.15, -0.1) is 0 Å². The third kappa shape index (κ3) is 8.83. The van der Waals surface area contributed by atoms with Gasteiger partial charge in [-0.25, -0.2) is 14.4 Å². The van der Waals surface area contributed by atoms with Crippen molar-refractivity contribution in [1.29, 1.82) is 0 Å². The lowest BCUT2D eigenvalue weighted by Gasteiger charge is -2.16. The number of carboxylic acid groups (broad SMARTS) is 2. The van der Waals surface area contributed by atoms with Gasteiger partial charge in [-0.2, -0.15) is 4.89 Å². The first kappa shape index (κ1) is 21.5. The summed E-state index contributed by atoms with van der Waals surface area (Å²) < 4.78 is 0. The highest BCUT2D eigenvalue weighted by Gasteiger charge is 2.29. The Hall–Kier alpha value is -2.49. The van der Waals surface area contributed by atoms with Gasteiger partial charge in [-0.3, -0.25) is 4.89 Å². The molecule has 0 aromatic heterocycles. The van der Waals surface area contributed by atoms with Crippen LogP contribution in [0.15, 0.2) is 30.3 Å². The molecule has 0 spiro atoms. The van der Waals surface area contributed by atoms with Gasteiger partial charge in [0.1, 0.15) is 5.60 Å². The van der Waals surface area contributed by atoms with E-state index >= 15 is 0 Å². The molecule has 0 aliphatic heterocycles. The zero-order valence-electron chi connectivity index (χ0n) is 13.4. The summed E-state index contributed by atoms with van der Waals surface area (Å²) in [5, 5.41) is 32.5. The van der Waals surface area contributed by atoms with Gasteiger partial charge in [0.2, 0.25) is 0 Å². The normalized spacial score (nSPS) is 13.0. The number of benzene rings is 1. The second-order valence-corrected chi connectivity index (χ2v) is 5.50. The molecule has 9 heteroatoms. The van der Waals surface area contributed by atoms with Crippen molar-refractivity contribution in [3.05, 3.63) is 35.9 Å². The number of rotatable bonds is 5. The fourth-order valence-electron chi connectivity index (χ4n) is 1.06. The number of aliphatic carboxylic acids is 2. The molecule has 0 saturated carbocycles. The molecule has 1 rings (SSSR count). The number of hydrogen-bond donors (Lipinski definition) is 4. The Morgan fingerprint density at radius 3 is 1.67 bits per heavy atom. The largest absolute Gasteiger partial charge is 0.479 e. The summed E-state index contributed by atoms with van der Waals surface area (Å²) in [5.74, 6) is -4.01.